The summed E-state index contributed by atoms with van der Waals surface area (Å²) in [5.41, 5.74) is 3.73. The number of aliphatic imine (C=N–C) groups is 1. The number of nitrogens with zero attached hydrogens (tertiary/aromatic N) is 1. The van der Waals surface area contributed by atoms with Crippen LogP contribution in [0.15, 0.2) is 126 Å². The Hall–Kier alpha value is -4.38. The first kappa shape index (κ1) is 21.5. The van der Waals surface area contributed by atoms with Crippen LogP contribution >= 0.6 is 0 Å². The molecule has 1 aliphatic rings. The van der Waals surface area contributed by atoms with E-state index in [2.05, 4.69) is 34.9 Å². The van der Waals surface area contributed by atoms with Crippen LogP contribution in [0.1, 0.15) is 34.9 Å². The molecule has 0 spiro atoms. The molecule has 1 amide bonds. The maximum absolute atomic E-state index is 12.8. The molecule has 1 unspecified atom stereocenters. The fraction of sp³-hybridized carbons (Fsp3) is 0.103. The first-order valence-corrected chi connectivity index (χ1v) is 11.3. The molecule has 34 heavy (non-hydrogen) atoms. The third-order valence-corrected chi connectivity index (χ3v) is 5.79. The van der Waals surface area contributed by atoms with Crippen LogP contribution in [0.4, 0.5) is 10.5 Å². The zero-order valence-corrected chi connectivity index (χ0v) is 18.5. The fourth-order valence-electron chi connectivity index (χ4n) is 4.17. The van der Waals surface area contributed by atoms with E-state index in [-0.39, 0.29) is 12.1 Å². The molecular weight excluding hydrogens is 422 g/mol. The Labute approximate surface area is 199 Å². The van der Waals surface area contributed by atoms with E-state index < -0.39 is 12.2 Å². The number of carbonyl (C=O) groups excluding carboxylic acids is 1. The molecule has 0 fully saturated rings. The van der Waals surface area contributed by atoms with E-state index in [1.807, 2.05) is 97.1 Å². The minimum absolute atomic E-state index is 0.0782. The number of hydrogen-bond acceptors (Lipinski definition) is 4. The minimum atomic E-state index is -0.676. The van der Waals surface area contributed by atoms with Gasteiger partial charge in [-0.2, -0.15) is 0 Å². The summed E-state index contributed by atoms with van der Waals surface area (Å²) >= 11 is 0. The monoisotopic (exact) mass is 447 g/mol. The van der Waals surface area contributed by atoms with E-state index in [0.717, 1.165) is 16.7 Å². The molecule has 5 nitrogen and oxygen atoms in total. The Morgan fingerprint density at radius 1 is 0.735 bits per heavy atom. The number of rotatable bonds is 6. The van der Waals surface area contributed by atoms with Crippen LogP contribution in [0.2, 0.25) is 0 Å². The molecule has 5 heteroatoms. The van der Waals surface area contributed by atoms with Gasteiger partial charge < -0.3 is 10.1 Å². The van der Waals surface area contributed by atoms with E-state index >= 15 is 0 Å². The Balaban J connectivity index is 1.48. The number of anilines is 1. The van der Waals surface area contributed by atoms with Crippen LogP contribution < -0.4 is 10.6 Å². The van der Waals surface area contributed by atoms with Gasteiger partial charge in [-0.15, -0.1) is 0 Å². The van der Waals surface area contributed by atoms with Crippen LogP contribution in [0.5, 0.6) is 0 Å². The Morgan fingerprint density at radius 3 is 1.88 bits per heavy atom. The third-order valence-electron chi connectivity index (χ3n) is 5.79. The van der Waals surface area contributed by atoms with Crippen LogP contribution in [0, 0.1) is 0 Å². The van der Waals surface area contributed by atoms with Gasteiger partial charge in [-0.25, -0.2) is 4.79 Å². The number of hydrogen-bond donors (Lipinski definition) is 2. The lowest BCUT2D eigenvalue weighted by molar-refractivity contribution is 0.141. The summed E-state index contributed by atoms with van der Waals surface area (Å²) in [6.07, 6.45) is -1.21. The number of para-hydroxylation sites is 1. The van der Waals surface area contributed by atoms with Crippen molar-refractivity contribution in [2.45, 2.75) is 18.2 Å². The van der Waals surface area contributed by atoms with Crippen LogP contribution in [-0.2, 0) is 4.74 Å². The number of benzene rings is 4. The standard InChI is InChI=1S/C29H25N3O2/c33-29(30-24-19-11-4-12-20-24)34-27(23-17-9-3-10-18-23)28-31-25(21-13-5-1-6-14-21)26(32-28)22-15-7-2-8-16-22/h1-20,25-27H,(H,30,33)(H,31,32)/t25-,26+,27?. The van der Waals surface area contributed by atoms with Crippen molar-refractivity contribution < 1.29 is 9.53 Å². The molecular formula is C29H25N3O2. The van der Waals surface area contributed by atoms with Gasteiger partial charge in [0, 0.05) is 11.3 Å². The number of amidine groups is 1. The quantitative estimate of drug-likeness (QED) is 0.356. The maximum Gasteiger partial charge on any atom is 0.412 e. The van der Waals surface area contributed by atoms with Gasteiger partial charge in [-0.1, -0.05) is 109 Å². The van der Waals surface area contributed by atoms with Crippen molar-refractivity contribution >= 4 is 17.6 Å². The third kappa shape index (κ3) is 4.84. The van der Waals surface area contributed by atoms with Crippen LogP contribution in [0.25, 0.3) is 0 Å². The van der Waals surface area contributed by atoms with Crippen molar-refractivity contribution in [2.75, 3.05) is 5.32 Å². The van der Waals surface area contributed by atoms with Gasteiger partial charge >= 0.3 is 6.09 Å². The number of nitrogens with one attached hydrogen (secondary N) is 2. The molecule has 2 N–H and O–H groups in total. The number of carbonyl (C=O) groups is 1. The second-order valence-corrected chi connectivity index (χ2v) is 8.09. The number of ether oxygens (including phenoxy) is 1. The van der Waals surface area contributed by atoms with E-state index in [9.17, 15) is 4.79 Å². The van der Waals surface area contributed by atoms with Gasteiger partial charge in [0.15, 0.2) is 6.10 Å². The average Bonchev–Trinajstić information content (AvgIpc) is 3.35. The molecule has 0 saturated carbocycles. The Kier molecular flexibility index (Phi) is 6.34. The van der Waals surface area contributed by atoms with E-state index in [1.165, 1.54) is 0 Å². The zero-order chi connectivity index (χ0) is 23.2. The van der Waals surface area contributed by atoms with E-state index in [1.54, 1.807) is 0 Å². The van der Waals surface area contributed by atoms with Crippen molar-refractivity contribution in [2.24, 2.45) is 4.99 Å². The second-order valence-electron chi connectivity index (χ2n) is 8.09. The largest absolute Gasteiger partial charge is 0.433 e. The van der Waals surface area contributed by atoms with Gasteiger partial charge in [0.25, 0.3) is 0 Å². The summed E-state index contributed by atoms with van der Waals surface area (Å²) in [7, 11) is 0. The van der Waals surface area contributed by atoms with Crippen molar-refractivity contribution in [1.29, 1.82) is 0 Å². The Bertz CT molecular complexity index is 1250. The first-order chi connectivity index (χ1) is 16.8. The Morgan fingerprint density at radius 2 is 1.26 bits per heavy atom. The minimum Gasteiger partial charge on any atom is -0.433 e. The number of amides is 1. The second kappa shape index (κ2) is 10.0. The van der Waals surface area contributed by atoms with Gasteiger partial charge in [-0.3, -0.25) is 10.3 Å². The summed E-state index contributed by atoms with van der Waals surface area (Å²) < 4.78 is 5.95. The fourth-order valence-corrected chi connectivity index (χ4v) is 4.17. The normalized spacial score (nSPS) is 17.8. The molecule has 0 radical (unpaired) electrons. The van der Waals surface area contributed by atoms with E-state index in [4.69, 9.17) is 9.73 Å². The smallest absolute Gasteiger partial charge is 0.412 e. The van der Waals surface area contributed by atoms with Crippen molar-refractivity contribution in [3.63, 3.8) is 0 Å². The molecule has 4 aromatic carbocycles. The molecule has 3 atom stereocenters. The highest BCUT2D eigenvalue weighted by Crippen LogP contribution is 2.38. The summed E-state index contributed by atoms with van der Waals surface area (Å²) in [6.45, 7) is 0. The lowest BCUT2D eigenvalue weighted by Gasteiger charge is -2.22. The summed E-state index contributed by atoms with van der Waals surface area (Å²) in [5.74, 6) is 0.622. The highest BCUT2D eigenvalue weighted by Gasteiger charge is 2.36. The van der Waals surface area contributed by atoms with Crippen molar-refractivity contribution in [3.05, 3.63) is 138 Å². The van der Waals surface area contributed by atoms with Crippen molar-refractivity contribution in [3.8, 4) is 0 Å². The predicted molar refractivity (Wildman–Crippen MR) is 135 cm³/mol. The van der Waals surface area contributed by atoms with Gasteiger partial charge in [-0.05, 0) is 23.3 Å². The topological polar surface area (TPSA) is 62.7 Å². The molecule has 0 bridgehead atoms. The SMILES string of the molecule is O=C(Nc1ccccc1)OC(C1=N[C@@H](c2ccccc2)[C@@H](c2ccccc2)N1)c1ccccc1. The average molecular weight is 448 g/mol. The molecule has 0 aliphatic carbocycles. The molecule has 1 aliphatic heterocycles. The highest BCUT2D eigenvalue weighted by molar-refractivity contribution is 5.93. The summed E-state index contributed by atoms with van der Waals surface area (Å²) in [4.78, 5) is 17.9. The lowest BCUT2D eigenvalue weighted by atomic mass is 9.95. The van der Waals surface area contributed by atoms with Crippen molar-refractivity contribution in [1.82, 2.24) is 5.32 Å². The summed E-state index contributed by atoms with van der Waals surface area (Å²) in [5, 5.41) is 6.38. The molecule has 168 valence electrons. The predicted octanol–water partition coefficient (Wildman–Crippen LogP) is 6.46. The maximum atomic E-state index is 12.8. The molecule has 0 aromatic heterocycles. The zero-order valence-electron chi connectivity index (χ0n) is 18.5. The highest BCUT2D eigenvalue weighted by atomic mass is 16.6. The van der Waals surface area contributed by atoms with Crippen LogP contribution in [0.3, 0.4) is 0 Å². The van der Waals surface area contributed by atoms with Crippen LogP contribution in [-0.4, -0.2) is 11.9 Å². The van der Waals surface area contributed by atoms with Gasteiger partial charge in [0.2, 0.25) is 0 Å². The lowest BCUT2D eigenvalue weighted by Crippen LogP contribution is -2.32. The first-order valence-electron chi connectivity index (χ1n) is 11.3. The van der Waals surface area contributed by atoms with Gasteiger partial charge in [0.1, 0.15) is 11.9 Å². The molecule has 0 saturated heterocycles. The van der Waals surface area contributed by atoms with Gasteiger partial charge in [0.05, 0.1) is 6.04 Å². The summed E-state index contributed by atoms with van der Waals surface area (Å²) in [6, 6.07) is 39.1. The molecule has 4 aromatic rings. The molecule has 1 heterocycles. The molecule has 5 rings (SSSR count). The van der Waals surface area contributed by atoms with E-state index in [0.29, 0.717) is 11.5 Å².